The number of rotatable bonds is 2. The van der Waals surface area contributed by atoms with Crippen LogP contribution in [0.15, 0.2) is 18.2 Å². The SMILES string of the molecule is FCC1(c2cc(Cl)cc(Cl)c2)CCNC1. The van der Waals surface area contributed by atoms with Gasteiger partial charge in [-0.2, -0.15) is 0 Å². The van der Waals surface area contributed by atoms with Gasteiger partial charge < -0.3 is 5.32 Å². The predicted molar refractivity (Wildman–Crippen MR) is 61.6 cm³/mol. The number of halogens is 3. The molecule has 15 heavy (non-hydrogen) atoms. The van der Waals surface area contributed by atoms with E-state index in [9.17, 15) is 4.39 Å². The molecular formula is C11H12Cl2FN. The lowest BCUT2D eigenvalue weighted by molar-refractivity contribution is 0.326. The maximum atomic E-state index is 13.2. The van der Waals surface area contributed by atoms with E-state index in [0.29, 0.717) is 16.6 Å². The van der Waals surface area contributed by atoms with Crippen LogP contribution in [0.5, 0.6) is 0 Å². The third-order valence-corrected chi connectivity index (χ3v) is 3.41. The van der Waals surface area contributed by atoms with Crippen molar-refractivity contribution in [1.29, 1.82) is 0 Å². The van der Waals surface area contributed by atoms with Gasteiger partial charge >= 0.3 is 0 Å². The van der Waals surface area contributed by atoms with Gasteiger partial charge in [-0.05, 0) is 36.7 Å². The Balaban J connectivity index is 2.42. The zero-order chi connectivity index (χ0) is 10.9. The Bertz CT molecular complexity index is 341. The maximum Gasteiger partial charge on any atom is 0.100 e. The molecule has 4 heteroatoms. The molecule has 1 N–H and O–H groups in total. The summed E-state index contributed by atoms with van der Waals surface area (Å²) in [6, 6.07) is 5.28. The van der Waals surface area contributed by atoms with Gasteiger partial charge in [-0.25, -0.2) is 0 Å². The van der Waals surface area contributed by atoms with Crippen molar-refractivity contribution < 1.29 is 4.39 Å². The Morgan fingerprint density at radius 1 is 1.27 bits per heavy atom. The van der Waals surface area contributed by atoms with Crippen molar-refractivity contribution in [1.82, 2.24) is 5.32 Å². The van der Waals surface area contributed by atoms with Crippen molar-refractivity contribution in [3.63, 3.8) is 0 Å². The van der Waals surface area contributed by atoms with E-state index < -0.39 is 5.41 Å². The van der Waals surface area contributed by atoms with Gasteiger partial charge in [0.1, 0.15) is 6.67 Å². The molecule has 82 valence electrons. The molecule has 1 atom stereocenters. The summed E-state index contributed by atoms with van der Waals surface area (Å²) in [6.07, 6.45) is 0.792. The Kier molecular flexibility index (Phi) is 3.19. The van der Waals surface area contributed by atoms with E-state index in [1.54, 1.807) is 18.2 Å². The first kappa shape index (κ1) is 11.2. The average molecular weight is 248 g/mol. The zero-order valence-corrected chi connectivity index (χ0v) is 9.71. The summed E-state index contributed by atoms with van der Waals surface area (Å²) in [5, 5.41) is 4.31. The van der Waals surface area contributed by atoms with E-state index in [4.69, 9.17) is 23.2 Å². The molecule has 1 aliphatic rings. The quantitative estimate of drug-likeness (QED) is 0.847. The molecule has 0 amide bonds. The summed E-state index contributed by atoms with van der Waals surface area (Å²) in [6.45, 7) is 1.12. The second-order valence-electron chi connectivity index (χ2n) is 4.00. The van der Waals surface area contributed by atoms with Crippen LogP contribution in [0.1, 0.15) is 12.0 Å². The first-order valence-electron chi connectivity index (χ1n) is 4.90. The van der Waals surface area contributed by atoms with E-state index in [0.717, 1.165) is 18.5 Å². The molecule has 1 aromatic carbocycles. The van der Waals surface area contributed by atoms with Crippen LogP contribution in [0.25, 0.3) is 0 Å². The third kappa shape index (κ3) is 2.12. The monoisotopic (exact) mass is 247 g/mol. The van der Waals surface area contributed by atoms with Crippen LogP contribution in [0.2, 0.25) is 10.0 Å². The van der Waals surface area contributed by atoms with Crippen LogP contribution in [-0.4, -0.2) is 19.8 Å². The molecule has 1 aliphatic heterocycles. The van der Waals surface area contributed by atoms with Gasteiger partial charge in [0.25, 0.3) is 0 Å². The van der Waals surface area contributed by atoms with E-state index in [-0.39, 0.29) is 6.67 Å². The van der Waals surface area contributed by atoms with Crippen molar-refractivity contribution in [3.05, 3.63) is 33.8 Å². The second kappa shape index (κ2) is 4.28. The standard InChI is InChI=1S/C11H12Cl2FN/c12-9-3-8(4-10(13)5-9)11(6-14)1-2-15-7-11/h3-5,15H,1-2,6-7H2. The van der Waals surface area contributed by atoms with Gasteiger partial charge in [-0.15, -0.1) is 0 Å². The Hall–Kier alpha value is -0.310. The average Bonchev–Trinajstić information content (AvgIpc) is 2.65. The minimum atomic E-state index is -0.436. The second-order valence-corrected chi connectivity index (χ2v) is 4.87. The highest BCUT2D eigenvalue weighted by Gasteiger charge is 2.36. The largest absolute Gasteiger partial charge is 0.316 e. The number of benzene rings is 1. The van der Waals surface area contributed by atoms with Crippen LogP contribution in [0.3, 0.4) is 0 Å². The number of hydrogen-bond acceptors (Lipinski definition) is 1. The zero-order valence-electron chi connectivity index (χ0n) is 8.19. The fourth-order valence-electron chi connectivity index (χ4n) is 2.04. The fraction of sp³-hybridized carbons (Fsp3) is 0.455. The summed E-state index contributed by atoms with van der Waals surface area (Å²) in [5.41, 5.74) is 0.460. The van der Waals surface area contributed by atoms with Crippen LogP contribution in [0.4, 0.5) is 4.39 Å². The highest BCUT2D eigenvalue weighted by atomic mass is 35.5. The van der Waals surface area contributed by atoms with Crippen molar-refractivity contribution in [2.75, 3.05) is 19.8 Å². The smallest absolute Gasteiger partial charge is 0.100 e. The molecule has 0 aromatic heterocycles. The molecule has 0 radical (unpaired) electrons. The summed E-state index contributed by atoms with van der Waals surface area (Å²) < 4.78 is 13.2. The molecule has 0 spiro atoms. The molecule has 2 rings (SSSR count). The highest BCUT2D eigenvalue weighted by molar-refractivity contribution is 6.34. The normalized spacial score (nSPS) is 25.8. The number of nitrogens with one attached hydrogen (secondary N) is 1. The van der Waals surface area contributed by atoms with Gasteiger partial charge in [0.15, 0.2) is 0 Å². The lowest BCUT2D eigenvalue weighted by Crippen LogP contribution is -2.31. The van der Waals surface area contributed by atoms with E-state index in [1.165, 1.54) is 0 Å². The first-order chi connectivity index (χ1) is 7.16. The lowest BCUT2D eigenvalue weighted by atomic mass is 9.81. The van der Waals surface area contributed by atoms with Gasteiger partial charge in [0, 0.05) is 22.0 Å². The maximum absolute atomic E-state index is 13.2. The van der Waals surface area contributed by atoms with Crippen molar-refractivity contribution in [2.45, 2.75) is 11.8 Å². The van der Waals surface area contributed by atoms with Crippen molar-refractivity contribution in [3.8, 4) is 0 Å². The molecule has 0 saturated carbocycles. The topological polar surface area (TPSA) is 12.0 Å². The molecule has 1 saturated heterocycles. The van der Waals surface area contributed by atoms with Gasteiger partial charge in [0.05, 0.1) is 0 Å². The highest BCUT2D eigenvalue weighted by Crippen LogP contribution is 2.34. The summed E-state index contributed by atoms with van der Waals surface area (Å²) in [5.74, 6) is 0. The molecular weight excluding hydrogens is 236 g/mol. The van der Waals surface area contributed by atoms with E-state index >= 15 is 0 Å². The van der Waals surface area contributed by atoms with E-state index in [1.807, 2.05) is 0 Å². The lowest BCUT2D eigenvalue weighted by Gasteiger charge is -2.25. The fourth-order valence-corrected chi connectivity index (χ4v) is 2.57. The van der Waals surface area contributed by atoms with Crippen molar-refractivity contribution in [2.24, 2.45) is 0 Å². The first-order valence-corrected chi connectivity index (χ1v) is 5.65. The minimum Gasteiger partial charge on any atom is -0.316 e. The van der Waals surface area contributed by atoms with Gasteiger partial charge in [-0.1, -0.05) is 23.2 Å². The van der Waals surface area contributed by atoms with Crippen molar-refractivity contribution >= 4 is 23.2 Å². The summed E-state index contributed by atoms with van der Waals surface area (Å²) in [7, 11) is 0. The van der Waals surface area contributed by atoms with E-state index in [2.05, 4.69) is 5.32 Å². The summed E-state index contributed by atoms with van der Waals surface area (Å²) >= 11 is 11.8. The van der Waals surface area contributed by atoms with Crippen LogP contribution < -0.4 is 5.32 Å². The number of alkyl halides is 1. The van der Waals surface area contributed by atoms with Gasteiger partial charge in [0.2, 0.25) is 0 Å². The molecule has 1 heterocycles. The molecule has 1 unspecified atom stereocenters. The molecule has 0 bridgehead atoms. The molecule has 1 aromatic rings. The predicted octanol–water partition coefficient (Wildman–Crippen LogP) is 3.19. The molecule has 1 fully saturated rings. The molecule has 1 nitrogen and oxygen atoms in total. The number of hydrogen-bond donors (Lipinski definition) is 1. The van der Waals surface area contributed by atoms with Crippen LogP contribution in [-0.2, 0) is 5.41 Å². The Labute approximate surface area is 98.6 Å². The third-order valence-electron chi connectivity index (χ3n) is 2.97. The summed E-state index contributed by atoms with van der Waals surface area (Å²) in [4.78, 5) is 0. The van der Waals surface area contributed by atoms with Crippen LogP contribution in [0, 0.1) is 0 Å². The van der Waals surface area contributed by atoms with Crippen LogP contribution >= 0.6 is 23.2 Å². The van der Waals surface area contributed by atoms with Gasteiger partial charge in [-0.3, -0.25) is 4.39 Å². The Morgan fingerprint density at radius 2 is 1.93 bits per heavy atom. The molecule has 0 aliphatic carbocycles. The Morgan fingerprint density at radius 3 is 2.40 bits per heavy atom. The minimum absolute atomic E-state index is 0.378.